The third-order valence-electron chi connectivity index (χ3n) is 6.06. The number of hydrogen-bond donors (Lipinski definition) is 0. The molecule has 32 heavy (non-hydrogen) atoms. The van der Waals surface area contributed by atoms with Crippen LogP contribution in [0.5, 0.6) is 0 Å². The first-order chi connectivity index (χ1) is 15.8. The normalized spacial score (nSPS) is 11.3. The molecule has 0 saturated heterocycles. The van der Waals surface area contributed by atoms with Crippen LogP contribution in [0.25, 0.3) is 49.7 Å². The first-order valence-corrected chi connectivity index (χ1v) is 11.5. The zero-order chi connectivity index (χ0) is 21.5. The number of benzene rings is 5. The van der Waals surface area contributed by atoms with Crippen LogP contribution >= 0.6 is 15.9 Å². The molecule has 6 aromatic rings. The molecule has 0 unspecified atom stereocenters. The van der Waals surface area contributed by atoms with Gasteiger partial charge in [-0.25, -0.2) is 0 Å². The molecule has 0 aliphatic carbocycles. The monoisotopic (exact) mass is 473 g/mol. The van der Waals surface area contributed by atoms with E-state index in [-0.39, 0.29) is 0 Å². The fourth-order valence-electron chi connectivity index (χ4n) is 4.53. The molecular weight excluding hydrogens is 454 g/mol. The average molecular weight is 474 g/mol. The zero-order valence-corrected chi connectivity index (χ0v) is 19.0. The Morgan fingerprint density at radius 1 is 0.438 bits per heavy atom. The number of para-hydroxylation sites is 1. The molecule has 1 nitrogen and oxygen atoms in total. The third-order valence-corrected chi connectivity index (χ3v) is 6.56. The number of rotatable bonds is 3. The smallest absolute Gasteiger partial charge is 0.0547 e. The molecule has 0 aliphatic heterocycles. The van der Waals surface area contributed by atoms with Gasteiger partial charge in [0.1, 0.15) is 0 Å². The molecule has 0 saturated carbocycles. The van der Waals surface area contributed by atoms with Crippen molar-refractivity contribution in [2.75, 3.05) is 0 Å². The summed E-state index contributed by atoms with van der Waals surface area (Å²) in [7, 11) is 0. The second kappa shape index (κ2) is 7.81. The third kappa shape index (κ3) is 3.24. The lowest BCUT2D eigenvalue weighted by Gasteiger charge is -2.10. The van der Waals surface area contributed by atoms with Gasteiger partial charge in [-0.3, -0.25) is 0 Å². The zero-order valence-electron chi connectivity index (χ0n) is 17.4. The van der Waals surface area contributed by atoms with E-state index < -0.39 is 0 Å². The Kier molecular flexibility index (Phi) is 4.66. The molecule has 0 fully saturated rings. The van der Waals surface area contributed by atoms with E-state index in [0.29, 0.717) is 0 Å². The molecule has 1 aromatic heterocycles. The van der Waals surface area contributed by atoms with E-state index in [1.165, 1.54) is 49.7 Å². The van der Waals surface area contributed by atoms with Crippen LogP contribution in [0.2, 0.25) is 0 Å². The van der Waals surface area contributed by atoms with Gasteiger partial charge in [0, 0.05) is 20.9 Å². The molecule has 0 bridgehead atoms. The van der Waals surface area contributed by atoms with Gasteiger partial charge >= 0.3 is 0 Å². The predicted molar refractivity (Wildman–Crippen MR) is 139 cm³/mol. The summed E-state index contributed by atoms with van der Waals surface area (Å²) in [5.74, 6) is 0. The fraction of sp³-hybridized carbons (Fsp3) is 0. The van der Waals surface area contributed by atoms with E-state index in [9.17, 15) is 0 Å². The highest BCUT2D eigenvalue weighted by Gasteiger charge is 2.13. The van der Waals surface area contributed by atoms with Crippen molar-refractivity contribution >= 4 is 37.7 Å². The summed E-state index contributed by atoms with van der Waals surface area (Å²) in [6.45, 7) is 0. The van der Waals surface area contributed by atoms with Crippen molar-refractivity contribution < 1.29 is 0 Å². The van der Waals surface area contributed by atoms with E-state index in [0.717, 1.165) is 4.47 Å². The first kappa shape index (κ1) is 19.1. The van der Waals surface area contributed by atoms with Crippen molar-refractivity contribution in [2.45, 2.75) is 0 Å². The van der Waals surface area contributed by atoms with E-state index in [4.69, 9.17) is 0 Å². The molecule has 6 rings (SSSR count). The second-order valence-corrected chi connectivity index (χ2v) is 8.92. The minimum Gasteiger partial charge on any atom is -0.309 e. The van der Waals surface area contributed by atoms with Gasteiger partial charge in [-0.05, 0) is 58.7 Å². The van der Waals surface area contributed by atoms with Gasteiger partial charge in [0.05, 0.1) is 11.0 Å². The Hall–Kier alpha value is -3.62. The summed E-state index contributed by atoms with van der Waals surface area (Å²) in [6.07, 6.45) is 0. The summed E-state index contributed by atoms with van der Waals surface area (Å²) >= 11 is 3.61. The van der Waals surface area contributed by atoms with E-state index >= 15 is 0 Å². The Morgan fingerprint density at radius 3 is 1.88 bits per heavy atom. The number of hydrogen-bond acceptors (Lipinski definition) is 0. The molecule has 152 valence electrons. The van der Waals surface area contributed by atoms with Crippen LogP contribution in [0.1, 0.15) is 0 Å². The molecule has 0 atom stereocenters. The van der Waals surface area contributed by atoms with Crippen molar-refractivity contribution in [3.8, 4) is 27.9 Å². The predicted octanol–water partition coefficient (Wildman–Crippen LogP) is 8.88. The molecule has 1 heterocycles. The van der Waals surface area contributed by atoms with Crippen molar-refractivity contribution in [2.24, 2.45) is 0 Å². The number of nitrogens with zero attached hydrogens (tertiary/aromatic N) is 1. The van der Waals surface area contributed by atoms with Crippen molar-refractivity contribution in [1.29, 1.82) is 0 Å². The van der Waals surface area contributed by atoms with E-state index in [1.54, 1.807) is 0 Å². The van der Waals surface area contributed by atoms with Crippen molar-refractivity contribution in [3.63, 3.8) is 0 Å². The number of halogens is 1. The maximum Gasteiger partial charge on any atom is 0.0547 e. The first-order valence-electron chi connectivity index (χ1n) is 10.7. The van der Waals surface area contributed by atoms with Gasteiger partial charge in [0.15, 0.2) is 0 Å². The summed E-state index contributed by atoms with van der Waals surface area (Å²) in [5, 5.41) is 2.54. The lowest BCUT2D eigenvalue weighted by molar-refractivity contribution is 1.18. The van der Waals surface area contributed by atoms with Crippen molar-refractivity contribution in [1.82, 2.24) is 4.57 Å². The van der Waals surface area contributed by atoms with Crippen LogP contribution in [-0.4, -0.2) is 4.57 Å². The molecule has 5 aromatic carbocycles. The number of aromatic nitrogens is 1. The topological polar surface area (TPSA) is 4.93 Å². The van der Waals surface area contributed by atoms with Gasteiger partial charge < -0.3 is 4.57 Å². The van der Waals surface area contributed by atoms with Crippen LogP contribution in [-0.2, 0) is 0 Å². The molecule has 2 heteroatoms. The average Bonchev–Trinajstić information content (AvgIpc) is 3.18. The van der Waals surface area contributed by atoms with Crippen LogP contribution < -0.4 is 0 Å². The molecule has 0 amide bonds. The quantitative estimate of drug-likeness (QED) is 0.241. The van der Waals surface area contributed by atoms with Crippen LogP contribution in [0, 0.1) is 0 Å². The van der Waals surface area contributed by atoms with Gasteiger partial charge in [0.2, 0.25) is 0 Å². The summed E-state index contributed by atoms with van der Waals surface area (Å²) in [6, 6.07) is 43.3. The minimum atomic E-state index is 1.09. The Balaban J connectivity index is 1.57. The SMILES string of the molecule is Brc1cccc(-c2ccc3c4ccccc4n(-c4ccc(-c5ccccc5)cc4)c3c2)c1. The fourth-order valence-corrected chi connectivity index (χ4v) is 4.93. The molecular formula is C30H20BrN. The maximum absolute atomic E-state index is 3.61. The van der Waals surface area contributed by atoms with Gasteiger partial charge in [0.25, 0.3) is 0 Å². The largest absolute Gasteiger partial charge is 0.309 e. The lowest BCUT2D eigenvalue weighted by atomic mass is 10.0. The maximum atomic E-state index is 3.61. The number of fused-ring (bicyclic) bond motifs is 3. The van der Waals surface area contributed by atoms with Crippen molar-refractivity contribution in [3.05, 3.63) is 126 Å². The van der Waals surface area contributed by atoms with Gasteiger partial charge in [-0.2, -0.15) is 0 Å². The Bertz CT molecular complexity index is 1560. The standard InChI is InChI=1S/C30H20BrN/c31-25-10-6-9-23(19-25)24-15-18-28-27-11-4-5-12-29(27)32(30(28)20-24)26-16-13-22(14-17-26)21-7-2-1-3-8-21/h1-20H. The summed E-state index contributed by atoms with van der Waals surface area (Å²) in [5.41, 5.74) is 8.49. The second-order valence-electron chi connectivity index (χ2n) is 8.01. The van der Waals surface area contributed by atoms with E-state index in [1.807, 2.05) is 0 Å². The Labute approximate surface area is 195 Å². The van der Waals surface area contributed by atoms with Crippen LogP contribution in [0.4, 0.5) is 0 Å². The van der Waals surface area contributed by atoms with Crippen LogP contribution in [0.15, 0.2) is 126 Å². The minimum absolute atomic E-state index is 1.09. The van der Waals surface area contributed by atoms with Gasteiger partial charge in [-0.1, -0.05) is 101 Å². The molecule has 0 spiro atoms. The molecule has 0 N–H and O–H groups in total. The highest BCUT2D eigenvalue weighted by molar-refractivity contribution is 9.10. The van der Waals surface area contributed by atoms with E-state index in [2.05, 4.69) is 142 Å². The molecule has 0 radical (unpaired) electrons. The molecule has 0 aliphatic rings. The highest BCUT2D eigenvalue weighted by atomic mass is 79.9. The Morgan fingerprint density at radius 2 is 1.06 bits per heavy atom. The summed E-state index contributed by atoms with van der Waals surface area (Å²) < 4.78 is 3.47. The van der Waals surface area contributed by atoms with Crippen LogP contribution in [0.3, 0.4) is 0 Å². The summed E-state index contributed by atoms with van der Waals surface area (Å²) in [4.78, 5) is 0. The van der Waals surface area contributed by atoms with Gasteiger partial charge in [-0.15, -0.1) is 0 Å². The lowest BCUT2D eigenvalue weighted by Crippen LogP contribution is -1.94. The highest BCUT2D eigenvalue weighted by Crippen LogP contribution is 2.35.